The lowest BCUT2D eigenvalue weighted by molar-refractivity contribution is 0.658. The van der Waals surface area contributed by atoms with Crippen LogP contribution in [-0.2, 0) is 7.05 Å². The van der Waals surface area contributed by atoms with Crippen molar-refractivity contribution >= 4 is 12.6 Å². The maximum absolute atomic E-state index is 4.14. The lowest BCUT2D eigenvalue weighted by Gasteiger charge is -2.02. The highest BCUT2D eigenvalue weighted by Crippen LogP contribution is 2.15. The Morgan fingerprint density at radius 3 is 2.40 bits per heavy atom. The Balaban J connectivity index is 3.03. The van der Waals surface area contributed by atoms with Gasteiger partial charge in [0.15, 0.2) is 0 Å². The minimum absolute atomic E-state index is 0.526. The number of rotatable bonds is 1. The number of hydrogen-bond acceptors (Lipinski definition) is 2. The van der Waals surface area contributed by atoms with E-state index in [1.54, 1.807) is 0 Å². The van der Waals surface area contributed by atoms with Gasteiger partial charge in [-0.05, 0) is 12.0 Å². The molecule has 0 atom stereocenters. The molecule has 1 rings (SSSR count). The van der Waals surface area contributed by atoms with Crippen LogP contribution < -0.4 is 0 Å². The Bertz CT molecular complexity index is 228. The maximum atomic E-state index is 4.14. The average molecular weight is 156 g/mol. The van der Waals surface area contributed by atoms with Crippen LogP contribution in [-0.4, -0.2) is 9.78 Å². The van der Waals surface area contributed by atoms with E-state index in [1.807, 2.05) is 17.8 Å². The molecule has 0 aliphatic carbocycles. The van der Waals surface area contributed by atoms with Crippen LogP contribution in [0, 0.1) is 0 Å². The highest BCUT2D eigenvalue weighted by molar-refractivity contribution is 7.80. The summed E-state index contributed by atoms with van der Waals surface area (Å²) in [6, 6.07) is 1.99. The molecule has 0 aliphatic heterocycles. The quantitative estimate of drug-likeness (QED) is 0.614. The van der Waals surface area contributed by atoms with E-state index < -0.39 is 0 Å². The second-order valence-electron chi connectivity index (χ2n) is 2.71. The minimum Gasteiger partial charge on any atom is -0.271 e. The van der Waals surface area contributed by atoms with E-state index in [0.717, 1.165) is 5.03 Å². The molecule has 0 aliphatic rings. The molecule has 3 heteroatoms. The van der Waals surface area contributed by atoms with Crippen molar-refractivity contribution in [2.24, 2.45) is 7.05 Å². The summed E-state index contributed by atoms with van der Waals surface area (Å²) in [5.74, 6) is 0.526. The summed E-state index contributed by atoms with van der Waals surface area (Å²) in [5.41, 5.74) is 1.23. The first-order chi connectivity index (χ1) is 4.61. The fourth-order valence-electron chi connectivity index (χ4n) is 1.01. The average Bonchev–Trinajstić information content (AvgIpc) is 2.10. The first-order valence-corrected chi connectivity index (χ1v) is 3.79. The first kappa shape index (κ1) is 7.66. The van der Waals surface area contributed by atoms with Crippen LogP contribution in [0.4, 0.5) is 0 Å². The van der Waals surface area contributed by atoms with Gasteiger partial charge in [0.2, 0.25) is 0 Å². The zero-order chi connectivity index (χ0) is 7.72. The van der Waals surface area contributed by atoms with E-state index in [2.05, 4.69) is 31.6 Å². The van der Waals surface area contributed by atoms with Gasteiger partial charge in [0.05, 0.1) is 0 Å². The molecule has 56 valence electrons. The Morgan fingerprint density at radius 1 is 1.60 bits per heavy atom. The Morgan fingerprint density at radius 2 is 2.20 bits per heavy atom. The summed E-state index contributed by atoms with van der Waals surface area (Å²) >= 11 is 4.14. The molecule has 2 nitrogen and oxygen atoms in total. The molecule has 0 aromatic carbocycles. The van der Waals surface area contributed by atoms with E-state index in [4.69, 9.17) is 0 Å². The zero-order valence-corrected chi connectivity index (χ0v) is 7.39. The molecule has 0 N–H and O–H groups in total. The van der Waals surface area contributed by atoms with E-state index in [-0.39, 0.29) is 0 Å². The van der Waals surface area contributed by atoms with Crippen LogP contribution in [0.3, 0.4) is 0 Å². The summed E-state index contributed by atoms with van der Waals surface area (Å²) in [6.07, 6.45) is 0. The molecule has 0 saturated carbocycles. The summed E-state index contributed by atoms with van der Waals surface area (Å²) in [4.78, 5) is 0. The summed E-state index contributed by atoms with van der Waals surface area (Å²) in [5, 5.41) is 4.91. The molecule has 0 unspecified atom stereocenters. The van der Waals surface area contributed by atoms with Gasteiger partial charge < -0.3 is 0 Å². The van der Waals surface area contributed by atoms with Crippen molar-refractivity contribution < 1.29 is 0 Å². The molecule has 1 heterocycles. The Labute approximate surface area is 66.7 Å². The minimum atomic E-state index is 0.526. The molecule has 0 bridgehead atoms. The Kier molecular flexibility index (Phi) is 2.04. The van der Waals surface area contributed by atoms with Crippen LogP contribution in [0.2, 0.25) is 0 Å². The fourth-order valence-corrected chi connectivity index (χ4v) is 1.27. The van der Waals surface area contributed by atoms with Crippen molar-refractivity contribution in [3.63, 3.8) is 0 Å². The lowest BCUT2D eigenvalue weighted by Crippen LogP contribution is -1.98. The maximum Gasteiger partial charge on any atom is 0.115 e. The third-order valence-electron chi connectivity index (χ3n) is 1.49. The normalized spacial score (nSPS) is 10.9. The molecule has 0 fully saturated rings. The molecule has 0 saturated heterocycles. The third-order valence-corrected chi connectivity index (χ3v) is 1.71. The fraction of sp³-hybridized carbons (Fsp3) is 0.571. The van der Waals surface area contributed by atoms with Crippen LogP contribution in [0.15, 0.2) is 11.1 Å². The number of nitrogens with zero attached hydrogens (tertiary/aromatic N) is 2. The van der Waals surface area contributed by atoms with E-state index in [0.29, 0.717) is 5.92 Å². The van der Waals surface area contributed by atoms with Gasteiger partial charge in [-0.1, -0.05) is 13.8 Å². The largest absolute Gasteiger partial charge is 0.271 e. The van der Waals surface area contributed by atoms with Gasteiger partial charge >= 0.3 is 0 Å². The molecule has 1 aromatic heterocycles. The Hall–Kier alpha value is -0.440. The SMILES string of the molecule is CC(C)c1cc(S)nn1C. The van der Waals surface area contributed by atoms with E-state index >= 15 is 0 Å². The number of aryl methyl sites for hydroxylation is 1. The van der Waals surface area contributed by atoms with Crippen molar-refractivity contribution in [2.45, 2.75) is 24.8 Å². The van der Waals surface area contributed by atoms with Crippen molar-refractivity contribution in [1.82, 2.24) is 9.78 Å². The summed E-state index contributed by atoms with van der Waals surface area (Å²) in [7, 11) is 1.94. The van der Waals surface area contributed by atoms with Crippen molar-refractivity contribution in [2.75, 3.05) is 0 Å². The number of hydrogen-bond donors (Lipinski definition) is 1. The second kappa shape index (κ2) is 2.66. The van der Waals surface area contributed by atoms with Gasteiger partial charge in [0.25, 0.3) is 0 Å². The molecule has 0 radical (unpaired) electrons. The smallest absolute Gasteiger partial charge is 0.115 e. The molecule has 0 spiro atoms. The standard InChI is InChI=1S/C7H12N2S/c1-5(2)6-4-7(10)8-9(6)3/h4-5H,1-3H3,(H,8,10). The van der Waals surface area contributed by atoms with E-state index in [9.17, 15) is 0 Å². The van der Waals surface area contributed by atoms with Gasteiger partial charge in [0.1, 0.15) is 5.03 Å². The first-order valence-electron chi connectivity index (χ1n) is 3.34. The molecule has 1 aromatic rings. The predicted molar refractivity (Wildman–Crippen MR) is 44.5 cm³/mol. The molecule has 10 heavy (non-hydrogen) atoms. The van der Waals surface area contributed by atoms with Gasteiger partial charge in [-0.2, -0.15) is 5.10 Å². The monoisotopic (exact) mass is 156 g/mol. The highest BCUT2D eigenvalue weighted by atomic mass is 32.1. The van der Waals surface area contributed by atoms with Crippen LogP contribution >= 0.6 is 12.6 Å². The van der Waals surface area contributed by atoms with Crippen molar-refractivity contribution in [3.05, 3.63) is 11.8 Å². The molecular formula is C7H12N2S. The number of thiol groups is 1. The predicted octanol–water partition coefficient (Wildman–Crippen LogP) is 1.83. The third kappa shape index (κ3) is 1.34. The van der Waals surface area contributed by atoms with Crippen molar-refractivity contribution in [1.29, 1.82) is 0 Å². The van der Waals surface area contributed by atoms with Gasteiger partial charge in [-0.25, -0.2) is 0 Å². The van der Waals surface area contributed by atoms with Gasteiger partial charge in [-0.15, -0.1) is 12.6 Å². The number of aromatic nitrogens is 2. The topological polar surface area (TPSA) is 17.8 Å². The van der Waals surface area contributed by atoms with Gasteiger partial charge in [0, 0.05) is 12.7 Å². The molecule has 0 amide bonds. The highest BCUT2D eigenvalue weighted by Gasteiger charge is 2.04. The zero-order valence-electron chi connectivity index (χ0n) is 6.50. The van der Waals surface area contributed by atoms with Crippen LogP contribution in [0.1, 0.15) is 25.5 Å². The van der Waals surface area contributed by atoms with Gasteiger partial charge in [-0.3, -0.25) is 4.68 Å². The lowest BCUT2D eigenvalue weighted by atomic mass is 10.1. The second-order valence-corrected chi connectivity index (χ2v) is 3.16. The van der Waals surface area contributed by atoms with Crippen molar-refractivity contribution in [3.8, 4) is 0 Å². The van der Waals surface area contributed by atoms with Crippen LogP contribution in [0.25, 0.3) is 0 Å². The van der Waals surface area contributed by atoms with Crippen LogP contribution in [0.5, 0.6) is 0 Å². The molecular weight excluding hydrogens is 144 g/mol. The summed E-state index contributed by atoms with van der Waals surface area (Å²) in [6.45, 7) is 4.29. The van der Waals surface area contributed by atoms with E-state index in [1.165, 1.54) is 5.69 Å². The summed E-state index contributed by atoms with van der Waals surface area (Å²) < 4.78 is 1.87.